The van der Waals surface area contributed by atoms with Gasteiger partial charge in [-0.05, 0) is 51.7 Å². The van der Waals surface area contributed by atoms with Crippen LogP contribution in [0.4, 0.5) is 0 Å². The molecule has 4 nitrogen and oxygen atoms in total. The Morgan fingerprint density at radius 3 is 2.04 bits per heavy atom. The van der Waals surface area contributed by atoms with Crippen LogP contribution in [0.5, 0.6) is 0 Å². The summed E-state index contributed by atoms with van der Waals surface area (Å²) in [7, 11) is 0.925. The van der Waals surface area contributed by atoms with Crippen LogP contribution >= 0.6 is 8.46 Å². The number of benzene rings is 1. The molecule has 0 amide bonds. The lowest BCUT2D eigenvalue weighted by Gasteiger charge is -2.44. The third-order valence-electron chi connectivity index (χ3n) is 5.74. The van der Waals surface area contributed by atoms with Crippen molar-refractivity contribution >= 4 is 20.2 Å². The summed E-state index contributed by atoms with van der Waals surface area (Å²) in [5, 5.41) is -1.37. The number of aryl methyl sites for hydroxylation is 3. The number of carbonyl (C=O) groups is 2. The predicted octanol–water partition coefficient (Wildman–Crippen LogP) is 4.97. The van der Waals surface area contributed by atoms with E-state index in [0.717, 1.165) is 36.0 Å². The van der Waals surface area contributed by atoms with Crippen molar-refractivity contribution in [3.05, 3.63) is 34.4 Å². The molecule has 1 fully saturated rings. The summed E-state index contributed by atoms with van der Waals surface area (Å²) in [6, 6.07) is 3.97. The van der Waals surface area contributed by atoms with Crippen LogP contribution in [0.2, 0.25) is 0 Å². The van der Waals surface area contributed by atoms with Gasteiger partial charge in [0.25, 0.3) is 0 Å². The normalized spacial score (nSPS) is 19.2. The van der Waals surface area contributed by atoms with E-state index in [4.69, 9.17) is 4.74 Å². The standard InChI is InChI=1S/C20H27O4P/c1-13-11-14(2)16(15(3)12-13)17(21)20(9-7-6-8-10-20)19(4,25-23)18(22)24-5/h11-12H,6-10H2,1-5H3. The summed E-state index contributed by atoms with van der Waals surface area (Å²) < 4.78 is 17.1. The molecule has 1 aliphatic carbocycles. The molecule has 25 heavy (non-hydrogen) atoms. The van der Waals surface area contributed by atoms with Crippen molar-refractivity contribution < 1.29 is 18.9 Å². The molecule has 0 bridgehead atoms. The number of Topliss-reactive ketones (excluding diaryl/α,β-unsaturated/α-hetero) is 1. The number of methoxy groups -OCH3 is 1. The van der Waals surface area contributed by atoms with Crippen molar-refractivity contribution in [2.45, 2.75) is 65.0 Å². The van der Waals surface area contributed by atoms with Gasteiger partial charge in [0.05, 0.1) is 12.5 Å². The van der Waals surface area contributed by atoms with Gasteiger partial charge in [-0.15, -0.1) is 0 Å². The second kappa shape index (κ2) is 7.37. The maximum atomic E-state index is 13.7. The molecule has 1 atom stereocenters. The van der Waals surface area contributed by atoms with Gasteiger partial charge < -0.3 is 4.74 Å². The van der Waals surface area contributed by atoms with Gasteiger partial charge in [0, 0.05) is 5.56 Å². The number of ether oxygens (including phenoxy) is 1. The Morgan fingerprint density at radius 1 is 1.08 bits per heavy atom. The number of hydrogen-bond donors (Lipinski definition) is 0. The Hall–Kier alpha value is -1.54. The van der Waals surface area contributed by atoms with E-state index in [9.17, 15) is 14.2 Å². The first-order chi connectivity index (χ1) is 11.7. The van der Waals surface area contributed by atoms with Gasteiger partial charge in [0.15, 0.2) is 19.4 Å². The maximum Gasteiger partial charge on any atom is 0.324 e. The SMILES string of the molecule is COC(=O)C(C)(P=O)C1(C(=O)c2c(C)cc(C)cc2C)CCCCC1. The lowest BCUT2D eigenvalue weighted by atomic mass is 9.61. The Bertz CT molecular complexity index is 681. The highest BCUT2D eigenvalue weighted by Gasteiger charge is 2.60. The minimum Gasteiger partial charge on any atom is -0.468 e. The predicted molar refractivity (Wildman–Crippen MR) is 98.5 cm³/mol. The van der Waals surface area contributed by atoms with E-state index in [1.807, 2.05) is 32.9 Å². The second-order valence-corrected chi connectivity index (χ2v) is 8.48. The van der Waals surface area contributed by atoms with Crippen LogP contribution in [0.15, 0.2) is 12.1 Å². The molecular formula is C20H27O4P. The number of carbonyl (C=O) groups excluding carboxylic acids is 2. The van der Waals surface area contributed by atoms with Gasteiger partial charge in [-0.1, -0.05) is 37.0 Å². The number of hydrogen-bond acceptors (Lipinski definition) is 4. The zero-order chi connectivity index (χ0) is 18.8. The molecule has 1 unspecified atom stereocenters. The number of ketones is 1. The second-order valence-electron chi connectivity index (χ2n) is 7.40. The van der Waals surface area contributed by atoms with Gasteiger partial charge in [-0.2, -0.15) is 0 Å². The summed E-state index contributed by atoms with van der Waals surface area (Å²) in [5.74, 6) is -0.653. The number of rotatable bonds is 5. The van der Waals surface area contributed by atoms with Crippen LogP contribution < -0.4 is 0 Å². The molecule has 0 heterocycles. The Balaban J connectivity index is 2.68. The Kier molecular flexibility index (Phi) is 5.83. The van der Waals surface area contributed by atoms with Gasteiger partial charge in [-0.3, -0.25) is 14.2 Å². The van der Waals surface area contributed by atoms with Crippen molar-refractivity contribution in [1.82, 2.24) is 0 Å². The fourth-order valence-corrected chi connectivity index (χ4v) is 5.05. The molecule has 136 valence electrons. The molecule has 1 saturated carbocycles. The van der Waals surface area contributed by atoms with Gasteiger partial charge in [0.1, 0.15) is 0 Å². The topological polar surface area (TPSA) is 60.4 Å². The lowest BCUT2D eigenvalue weighted by molar-refractivity contribution is -0.147. The van der Waals surface area contributed by atoms with Crippen molar-refractivity contribution in [3.63, 3.8) is 0 Å². The molecule has 0 aliphatic heterocycles. The van der Waals surface area contributed by atoms with Crippen molar-refractivity contribution in [3.8, 4) is 0 Å². The van der Waals surface area contributed by atoms with Crippen LogP contribution in [0.3, 0.4) is 0 Å². The van der Waals surface area contributed by atoms with Crippen LogP contribution in [-0.4, -0.2) is 24.0 Å². The van der Waals surface area contributed by atoms with Crippen molar-refractivity contribution in [2.24, 2.45) is 5.41 Å². The Labute approximate surface area is 151 Å². The molecule has 5 heteroatoms. The molecule has 0 saturated heterocycles. The van der Waals surface area contributed by atoms with Crippen molar-refractivity contribution in [1.29, 1.82) is 0 Å². The van der Waals surface area contributed by atoms with Gasteiger partial charge in [-0.25, -0.2) is 0 Å². The average Bonchev–Trinajstić information content (AvgIpc) is 2.59. The summed E-state index contributed by atoms with van der Waals surface area (Å²) >= 11 is 0. The Morgan fingerprint density at radius 2 is 1.60 bits per heavy atom. The minimum atomic E-state index is -1.37. The minimum absolute atomic E-state index is 0.0709. The molecule has 1 aliphatic rings. The smallest absolute Gasteiger partial charge is 0.324 e. The summed E-state index contributed by atoms with van der Waals surface area (Å²) in [4.78, 5) is 26.3. The fraction of sp³-hybridized carbons (Fsp3) is 0.600. The zero-order valence-electron chi connectivity index (χ0n) is 15.8. The van der Waals surface area contributed by atoms with Gasteiger partial charge >= 0.3 is 5.97 Å². The third-order valence-corrected chi connectivity index (χ3v) is 6.72. The highest BCUT2D eigenvalue weighted by molar-refractivity contribution is 7.28. The first-order valence-electron chi connectivity index (χ1n) is 8.79. The first-order valence-corrected chi connectivity index (χ1v) is 9.60. The molecular weight excluding hydrogens is 335 g/mol. The molecule has 0 spiro atoms. The van der Waals surface area contributed by atoms with E-state index in [2.05, 4.69) is 0 Å². The molecule has 0 N–H and O–H groups in total. The zero-order valence-corrected chi connectivity index (χ0v) is 16.7. The average molecular weight is 362 g/mol. The van der Waals surface area contributed by atoms with Gasteiger partial charge in [0.2, 0.25) is 0 Å². The van der Waals surface area contributed by atoms with Crippen LogP contribution in [-0.2, 0) is 14.1 Å². The monoisotopic (exact) mass is 362 g/mol. The molecule has 1 aromatic carbocycles. The summed E-state index contributed by atoms with van der Waals surface area (Å²) in [6.07, 6.45) is 3.82. The van der Waals surface area contributed by atoms with Crippen LogP contribution in [0.25, 0.3) is 0 Å². The van der Waals surface area contributed by atoms with E-state index in [1.54, 1.807) is 6.92 Å². The van der Waals surface area contributed by atoms with E-state index in [1.165, 1.54) is 7.11 Å². The van der Waals surface area contributed by atoms with Crippen molar-refractivity contribution in [2.75, 3.05) is 7.11 Å². The summed E-state index contributed by atoms with van der Waals surface area (Å²) in [5.41, 5.74) is 2.57. The third kappa shape index (κ3) is 3.17. The van der Waals surface area contributed by atoms with E-state index in [0.29, 0.717) is 18.4 Å². The highest BCUT2D eigenvalue weighted by Crippen LogP contribution is 2.54. The maximum absolute atomic E-state index is 13.7. The van der Waals surface area contributed by atoms with Crippen LogP contribution in [0, 0.1) is 26.2 Å². The first kappa shape index (κ1) is 19.8. The highest BCUT2D eigenvalue weighted by atomic mass is 31.1. The molecule has 1 aromatic rings. The van der Waals surface area contributed by atoms with E-state index in [-0.39, 0.29) is 14.2 Å². The van der Waals surface area contributed by atoms with E-state index < -0.39 is 16.5 Å². The van der Waals surface area contributed by atoms with E-state index >= 15 is 0 Å². The molecule has 2 rings (SSSR count). The lowest BCUT2D eigenvalue weighted by Crippen LogP contribution is -2.54. The quantitative estimate of drug-likeness (QED) is 0.422. The summed E-state index contributed by atoms with van der Waals surface area (Å²) in [6.45, 7) is 7.46. The molecule has 0 aromatic heterocycles. The fourth-order valence-electron chi connectivity index (χ4n) is 4.39. The number of esters is 1. The van der Waals surface area contributed by atoms with Crippen LogP contribution in [0.1, 0.15) is 66.1 Å². The largest absolute Gasteiger partial charge is 0.468 e. The molecule has 0 radical (unpaired) electrons.